The summed E-state index contributed by atoms with van der Waals surface area (Å²) in [5.74, 6) is -1.39. The molecule has 2 heterocycles. The number of nitrogens with one attached hydrogen (secondary N) is 2. The first-order valence-corrected chi connectivity index (χ1v) is 10.4. The van der Waals surface area contributed by atoms with E-state index in [9.17, 15) is 18.0 Å². The molecule has 2 N–H and O–H groups in total. The Balaban J connectivity index is 1.90. The van der Waals surface area contributed by atoms with Crippen LogP contribution in [0.3, 0.4) is 0 Å². The van der Waals surface area contributed by atoms with Crippen molar-refractivity contribution in [3.05, 3.63) is 17.5 Å². The molecule has 2 rings (SSSR count). The average molecular weight is 374 g/mol. The summed E-state index contributed by atoms with van der Waals surface area (Å²) >= 11 is 1.18. The number of rotatable bonds is 7. The fraction of sp³-hybridized carbons (Fsp3) is 0.600. The highest BCUT2D eigenvalue weighted by Gasteiger charge is 2.36. The lowest BCUT2D eigenvalue weighted by Crippen LogP contribution is -2.47. The quantitative estimate of drug-likeness (QED) is 0.549. The minimum atomic E-state index is -3.53. The van der Waals surface area contributed by atoms with Gasteiger partial charge in [0, 0.05) is 25.7 Å². The normalized spacial score (nSPS) is 18.5. The van der Waals surface area contributed by atoms with Gasteiger partial charge in [0.2, 0.25) is 0 Å². The van der Waals surface area contributed by atoms with Gasteiger partial charge in [-0.25, -0.2) is 8.42 Å². The van der Waals surface area contributed by atoms with Gasteiger partial charge in [-0.1, -0.05) is 19.4 Å². The van der Waals surface area contributed by atoms with E-state index in [0.29, 0.717) is 23.7 Å². The van der Waals surface area contributed by atoms with Crippen LogP contribution in [0.5, 0.6) is 0 Å². The molecule has 0 radical (unpaired) electrons. The summed E-state index contributed by atoms with van der Waals surface area (Å²) in [6, 6.07) is 2.96. The van der Waals surface area contributed by atoms with Gasteiger partial charge in [-0.3, -0.25) is 9.59 Å². The molecule has 0 aliphatic carbocycles. The molecular weight excluding hydrogens is 350 g/mol. The van der Waals surface area contributed by atoms with Crippen molar-refractivity contribution in [2.75, 3.05) is 19.6 Å². The molecule has 0 saturated carbocycles. The average Bonchev–Trinajstić information content (AvgIpc) is 3.24. The van der Waals surface area contributed by atoms with Gasteiger partial charge in [0.1, 0.15) is 4.21 Å². The van der Waals surface area contributed by atoms with Crippen LogP contribution in [0.2, 0.25) is 0 Å². The van der Waals surface area contributed by atoms with Gasteiger partial charge in [0.05, 0.1) is 0 Å². The lowest BCUT2D eigenvalue weighted by Gasteiger charge is -2.23. The van der Waals surface area contributed by atoms with Crippen LogP contribution in [-0.4, -0.2) is 50.2 Å². The topological polar surface area (TPSA) is 95.6 Å². The Morgan fingerprint density at radius 2 is 2.08 bits per heavy atom. The van der Waals surface area contributed by atoms with Crippen LogP contribution < -0.4 is 10.6 Å². The number of carbonyl (C=O) groups excluding carboxylic acids is 2. The number of sulfonamides is 1. The first kappa shape index (κ1) is 18.9. The molecule has 134 valence electrons. The number of hydrogen-bond donors (Lipinski definition) is 2. The Morgan fingerprint density at radius 3 is 2.75 bits per heavy atom. The zero-order valence-corrected chi connectivity index (χ0v) is 15.3. The van der Waals surface area contributed by atoms with E-state index in [-0.39, 0.29) is 12.6 Å². The Bertz CT molecular complexity index is 658. The van der Waals surface area contributed by atoms with Gasteiger partial charge in [-0.15, -0.1) is 11.3 Å². The van der Waals surface area contributed by atoms with E-state index < -0.39 is 21.8 Å². The maximum absolute atomic E-state index is 12.6. The second kappa shape index (κ2) is 8.59. The number of amides is 2. The molecule has 0 spiro atoms. The summed E-state index contributed by atoms with van der Waals surface area (Å²) in [7, 11) is -3.53. The largest absolute Gasteiger partial charge is 0.348 e. The highest BCUT2D eigenvalue weighted by molar-refractivity contribution is 7.91. The summed E-state index contributed by atoms with van der Waals surface area (Å²) in [4.78, 5) is 23.4. The van der Waals surface area contributed by atoms with Crippen molar-refractivity contribution in [2.45, 2.75) is 42.9 Å². The predicted octanol–water partition coefficient (Wildman–Crippen LogP) is 0.934. The third-order valence-electron chi connectivity index (χ3n) is 3.90. The maximum Gasteiger partial charge on any atom is 0.309 e. The molecule has 7 nitrogen and oxygen atoms in total. The fourth-order valence-electron chi connectivity index (χ4n) is 2.61. The van der Waals surface area contributed by atoms with Crippen molar-refractivity contribution in [1.29, 1.82) is 0 Å². The molecular formula is C15H23N3O4S2. The zero-order chi connectivity index (χ0) is 17.6. The van der Waals surface area contributed by atoms with E-state index in [1.165, 1.54) is 15.6 Å². The molecule has 0 unspecified atom stereocenters. The smallest absolute Gasteiger partial charge is 0.309 e. The number of nitrogens with zero attached hydrogens (tertiary/aromatic N) is 1. The maximum atomic E-state index is 12.6. The number of unbranched alkanes of at least 4 members (excludes halogenated alkanes) is 1. The SMILES string of the molecule is CCCCNC(=O)C(=O)NC[C@H]1CCCN1S(=O)(=O)c1cccs1. The van der Waals surface area contributed by atoms with Crippen LogP contribution >= 0.6 is 11.3 Å². The standard InChI is InChI=1S/C15H23N3O4S2/c1-2-3-8-16-14(19)15(20)17-11-12-6-4-9-18(12)24(21,22)13-7-5-10-23-13/h5,7,10,12H,2-4,6,8-9,11H2,1H3,(H,16,19)(H,17,20)/t12-/m1/s1. The Labute approximate surface area is 146 Å². The second-order valence-electron chi connectivity index (χ2n) is 5.66. The lowest BCUT2D eigenvalue weighted by atomic mass is 10.2. The van der Waals surface area contributed by atoms with Crippen molar-refractivity contribution in [3.63, 3.8) is 0 Å². The monoisotopic (exact) mass is 373 g/mol. The third kappa shape index (κ3) is 4.55. The second-order valence-corrected chi connectivity index (χ2v) is 8.73. The predicted molar refractivity (Wildman–Crippen MR) is 92.2 cm³/mol. The van der Waals surface area contributed by atoms with Crippen LogP contribution in [0.25, 0.3) is 0 Å². The van der Waals surface area contributed by atoms with E-state index in [1.807, 2.05) is 6.92 Å². The highest BCUT2D eigenvalue weighted by Crippen LogP contribution is 2.28. The molecule has 1 atom stereocenters. The summed E-state index contributed by atoms with van der Waals surface area (Å²) < 4.78 is 26.9. The van der Waals surface area contributed by atoms with Crippen LogP contribution in [0, 0.1) is 0 Å². The van der Waals surface area contributed by atoms with Gasteiger partial charge in [-0.05, 0) is 30.7 Å². The van der Waals surface area contributed by atoms with E-state index in [4.69, 9.17) is 0 Å². The van der Waals surface area contributed by atoms with Crippen molar-refractivity contribution in [1.82, 2.24) is 14.9 Å². The summed E-state index contributed by atoms with van der Waals surface area (Å²) in [5, 5.41) is 6.81. The molecule has 24 heavy (non-hydrogen) atoms. The minimum absolute atomic E-state index is 0.143. The molecule has 1 fully saturated rings. The van der Waals surface area contributed by atoms with E-state index in [0.717, 1.165) is 19.3 Å². The van der Waals surface area contributed by atoms with Gasteiger partial charge in [0.25, 0.3) is 10.0 Å². The summed E-state index contributed by atoms with van der Waals surface area (Å²) in [6.07, 6.45) is 3.16. The molecule has 2 amide bonds. The highest BCUT2D eigenvalue weighted by atomic mass is 32.2. The Hall–Kier alpha value is -1.45. The Kier molecular flexibility index (Phi) is 6.76. The fourth-order valence-corrected chi connectivity index (χ4v) is 5.42. The van der Waals surface area contributed by atoms with Gasteiger partial charge < -0.3 is 10.6 Å². The Morgan fingerprint density at radius 1 is 1.33 bits per heavy atom. The van der Waals surface area contributed by atoms with Crippen LogP contribution in [-0.2, 0) is 19.6 Å². The number of hydrogen-bond acceptors (Lipinski definition) is 5. The minimum Gasteiger partial charge on any atom is -0.348 e. The van der Waals surface area contributed by atoms with Crippen molar-refractivity contribution < 1.29 is 18.0 Å². The van der Waals surface area contributed by atoms with Gasteiger partial charge in [0.15, 0.2) is 0 Å². The van der Waals surface area contributed by atoms with Crippen molar-refractivity contribution >= 4 is 33.2 Å². The molecule has 1 saturated heterocycles. The number of carbonyl (C=O) groups is 2. The van der Waals surface area contributed by atoms with E-state index in [2.05, 4.69) is 10.6 Å². The third-order valence-corrected chi connectivity index (χ3v) is 7.23. The molecule has 1 aromatic heterocycles. The van der Waals surface area contributed by atoms with Gasteiger partial charge >= 0.3 is 11.8 Å². The molecule has 9 heteroatoms. The molecule has 0 aromatic carbocycles. The molecule has 0 bridgehead atoms. The molecule has 1 aliphatic heterocycles. The molecule has 1 aliphatic rings. The van der Waals surface area contributed by atoms with Gasteiger partial charge in [-0.2, -0.15) is 4.31 Å². The number of thiophene rings is 1. The van der Waals surface area contributed by atoms with E-state index >= 15 is 0 Å². The lowest BCUT2D eigenvalue weighted by molar-refractivity contribution is -0.139. The van der Waals surface area contributed by atoms with Crippen molar-refractivity contribution in [2.24, 2.45) is 0 Å². The summed E-state index contributed by atoms with van der Waals surface area (Å²) in [5.41, 5.74) is 0. The summed E-state index contributed by atoms with van der Waals surface area (Å²) in [6.45, 7) is 3.04. The van der Waals surface area contributed by atoms with Crippen LogP contribution in [0.15, 0.2) is 21.7 Å². The van der Waals surface area contributed by atoms with Crippen LogP contribution in [0.4, 0.5) is 0 Å². The van der Waals surface area contributed by atoms with E-state index in [1.54, 1.807) is 17.5 Å². The molecule has 1 aromatic rings. The zero-order valence-electron chi connectivity index (χ0n) is 13.7. The first-order valence-electron chi connectivity index (χ1n) is 8.08. The first-order chi connectivity index (χ1) is 11.5. The van der Waals surface area contributed by atoms with Crippen LogP contribution in [0.1, 0.15) is 32.6 Å². The van der Waals surface area contributed by atoms with Crippen molar-refractivity contribution in [3.8, 4) is 0 Å².